The number of carbonyl (C=O) groups is 1. The van der Waals surface area contributed by atoms with E-state index in [1.54, 1.807) is 12.3 Å². The van der Waals surface area contributed by atoms with Gasteiger partial charge in [-0.15, -0.1) is 0 Å². The standard InChI is InChI=1S/C19H23N5O2/c1-2-20-17(25)12-24-18(26)6-4-15(23-24)13-3-5-16(21-11-13)22-19-9-7-14(19)8-10-19/h3-6,11,14H,2,7-10,12H2,1H3,(H,20,25)(H,21,22). The van der Waals surface area contributed by atoms with Crippen molar-refractivity contribution < 1.29 is 4.79 Å². The molecule has 2 fully saturated rings. The number of aromatic nitrogens is 3. The number of nitrogens with zero attached hydrogens (tertiary/aromatic N) is 3. The van der Waals surface area contributed by atoms with E-state index in [0.717, 1.165) is 17.3 Å². The SMILES string of the molecule is CCNC(=O)Cn1nc(-c2ccc(NC34CCC3CC4)nc2)ccc1=O. The summed E-state index contributed by atoms with van der Waals surface area (Å²) in [5.74, 6) is 1.46. The van der Waals surface area contributed by atoms with Gasteiger partial charge >= 0.3 is 0 Å². The maximum atomic E-state index is 11.9. The Kier molecular flexibility index (Phi) is 4.22. The first-order valence-corrected chi connectivity index (χ1v) is 9.19. The van der Waals surface area contributed by atoms with E-state index in [-0.39, 0.29) is 23.6 Å². The average Bonchev–Trinajstić information content (AvgIpc) is 2.63. The highest BCUT2D eigenvalue weighted by atomic mass is 16.2. The zero-order chi connectivity index (χ0) is 18.1. The second-order valence-electron chi connectivity index (χ2n) is 7.16. The highest BCUT2D eigenvalue weighted by Gasteiger charge is 2.53. The number of rotatable bonds is 6. The molecule has 0 aromatic carbocycles. The molecule has 0 atom stereocenters. The Balaban J connectivity index is 1.50. The summed E-state index contributed by atoms with van der Waals surface area (Å²) in [5.41, 5.74) is 1.42. The second-order valence-corrected chi connectivity index (χ2v) is 7.16. The van der Waals surface area contributed by atoms with Gasteiger partial charge in [0.25, 0.3) is 5.56 Å². The molecule has 0 spiro atoms. The lowest BCUT2D eigenvalue weighted by molar-refractivity contribution is -0.121. The normalized spacial score (nSPS) is 23.3. The van der Waals surface area contributed by atoms with Crippen LogP contribution in [0.2, 0.25) is 0 Å². The molecule has 7 nitrogen and oxygen atoms in total. The molecule has 2 N–H and O–H groups in total. The number of hydrogen-bond acceptors (Lipinski definition) is 5. The summed E-state index contributed by atoms with van der Waals surface area (Å²) in [6, 6.07) is 6.99. The van der Waals surface area contributed by atoms with Crippen molar-refractivity contribution in [2.75, 3.05) is 11.9 Å². The summed E-state index contributed by atoms with van der Waals surface area (Å²) in [7, 11) is 0. The third kappa shape index (κ3) is 2.98. The Hall–Kier alpha value is -2.70. The molecule has 2 aromatic rings. The first-order valence-electron chi connectivity index (χ1n) is 9.19. The highest BCUT2D eigenvalue weighted by molar-refractivity contribution is 5.75. The molecule has 2 heterocycles. The molecule has 0 saturated heterocycles. The van der Waals surface area contributed by atoms with Gasteiger partial charge in [-0.25, -0.2) is 9.67 Å². The number of pyridine rings is 1. The number of nitrogens with one attached hydrogen (secondary N) is 2. The molecular formula is C19H23N5O2. The minimum absolute atomic E-state index is 0.0858. The third-order valence-electron chi connectivity index (χ3n) is 5.63. The summed E-state index contributed by atoms with van der Waals surface area (Å²) in [5, 5.41) is 10.6. The molecule has 4 rings (SSSR count). The summed E-state index contributed by atoms with van der Waals surface area (Å²) < 4.78 is 1.18. The first-order chi connectivity index (χ1) is 12.6. The predicted molar refractivity (Wildman–Crippen MR) is 98.7 cm³/mol. The highest BCUT2D eigenvalue weighted by Crippen LogP contribution is 2.55. The predicted octanol–water partition coefficient (Wildman–Crippen LogP) is 1.80. The van der Waals surface area contributed by atoms with Gasteiger partial charge in [0.15, 0.2) is 0 Å². The Morgan fingerprint density at radius 3 is 2.65 bits per heavy atom. The maximum absolute atomic E-state index is 11.9. The number of amides is 1. The van der Waals surface area contributed by atoms with Crippen LogP contribution in [0.25, 0.3) is 11.3 Å². The van der Waals surface area contributed by atoms with Gasteiger partial charge in [0.1, 0.15) is 12.4 Å². The van der Waals surface area contributed by atoms with Crippen LogP contribution in [-0.4, -0.2) is 32.8 Å². The molecule has 136 valence electrons. The third-order valence-corrected chi connectivity index (χ3v) is 5.63. The van der Waals surface area contributed by atoms with Crippen LogP contribution in [0.4, 0.5) is 5.82 Å². The van der Waals surface area contributed by atoms with Gasteiger partial charge in [-0.2, -0.15) is 5.10 Å². The van der Waals surface area contributed by atoms with Crippen LogP contribution in [0.1, 0.15) is 32.6 Å². The van der Waals surface area contributed by atoms with E-state index in [0.29, 0.717) is 12.2 Å². The Bertz CT molecular complexity index is 866. The van der Waals surface area contributed by atoms with E-state index in [1.807, 2.05) is 19.1 Å². The fourth-order valence-electron chi connectivity index (χ4n) is 3.87. The van der Waals surface area contributed by atoms with Crippen LogP contribution >= 0.6 is 0 Å². The number of anilines is 1. The van der Waals surface area contributed by atoms with Gasteiger partial charge in [-0.3, -0.25) is 9.59 Å². The molecule has 2 aliphatic rings. The smallest absolute Gasteiger partial charge is 0.267 e. The van der Waals surface area contributed by atoms with Crippen molar-refractivity contribution in [2.45, 2.75) is 44.7 Å². The Labute approximate surface area is 151 Å². The van der Waals surface area contributed by atoms with Gasteiger partial charge < -0.3 is 10.6 Å². The van der Waals surface area contributed by atoms with E-state index in [9.17, 15) is 9.59 Å². The van der Waals surface area contributed by atoms with Gasteiger partial charge in [0.2, 0.25) is 5.91 Å². The van der Waals surface area contributed by atoms with Crippen molar-refractivity contribution in [3.63, 3.8) is 0 Å². The van der Waals surface area contributed by atoms with Gasteiger partial charge in [-0.1, -0.05) is 0 Å². The van der Waals surface area contributed by atoms with Crippen LogP contribution in [0.15, 0.2) is 35.3 Å². The zero-order valence-corrected chi connectivity index (χ0v) is 14.9. The first kappa shape index (κ1) is 16.8. The monoisotopic (exact) mass is 353 g/mol. The summed E-state index contributed by atoms with van der Waals surface area (Å²) >= 11 is 0. The van der Waals surface area contributed by atoms with Gasteiger partial charge in [-0.05, 0) is 56.7 Å². The zero-order valence-electron chi connectivity index (χ0n) is 14.9. The average molecular weight is 353 g/mol. The molecular weight excluding hydrogens is 330 g/mol. The van der Waals surface area contributed by atoms with Crippen molar-refractivity contribution in [2.24, 2.45) is 5.92 Å². The molecule has 2 saturated carbocycles. The number of fused-ring (bicyclic) bond motifs is 1. The number of hydrogen-bond donors (Lipinski definition) is 2. The van der Waals surface area contributed by atoms with E-state index in [4.69, 9.17) is 0 Å². The molecule has 0 unspecified atom stereocenters. The lowest BCUT2D eigenvalue weighted by atomic mass is 9.53. The van der Waals surface area contributed by atoms with Crippen molar-refractivity contribution in [1.82, 2.24) is 20.1 Å². The fourth-order valence-corrected chi connectivity index (χ4v) is 3.87. The molecule has 1 amide bonds. The number of carbonyl (C=O) groups excluding carboxylic acids is 1. The molecule has 0 radical (unpaired) electrons. The topological polar surface area (TPSA) is 88.9 Å². The molecule has 7 heteroatoms. The summed E-state index contributed by atoms with van der Waals surface area (Å²) in [6.07, 6.45) is 6.86. The largest absolute Gasteiger partial charge is 0.364 e. The lowest BCUT2D eigenvalue weighted by Crippen LogP contribution is -2.60. The molecule has 26 heavy (non-hydrogen) atoms. The quantitative estimate of drug-likeness (QED) is 0.827. The molecule has 0 bridgehead atoms. The van der Waals surface area contributed by atoms with E-state index < -0.39 is 0 Å². The van der Waals surface area contributed by atoms with Gasteiger partial charge in [0, 0.05) is 29.9 Å². The van der Waals surface area contributed by atoms with Crippen molar-refractivity contribution in [3.05, 3.63) is 40.8 Å². The van der Waals surface area contributed by atoms with E-state index in [1.165, 1.54) is 36.4 Å². The Morgan fingerprint density at radius 1 is 1.27 bits per heavy atom. The van der Waals surface area contributed by atoms with Crippen molar-refractivity contribution in [3.8, 4) is 11.3 Å². The minimum atomic E-state index is -0.300. The lowest BCUT2D eigenvalue weighted by Gasteiger charge is -2.59. The molecule has 0 aliphatic heterocycles. The maximum Gasteiger partial charge on any atom is 0.267 e. The van der Waals surface area contributed by atoms with Crippen molar-refractivity contribution in [1.29, 1.82) is 0 Å². The van der Waals surface area contributed by atoms with Crippen LogP contribution in [0.3, 0.4) is 0 Å². The number of likely N-dealkylation sites (N-methyl/N-ethyl adjacent to an activating group) is 1. The fraction of sp³-hybridized carbons (Fsp3) is 0.474. The van der Waals surface area contributed by atoms with E-state index >= 15 is 0 Å². The minimum Gasteiger partial charge on any atom is -0.364 e. The van der Waals surface area contributed by atoms with E-state index in [2.05, 4.69) is 20.7 Å². The Morgan fingerprint density at radius 2 is 2.08 bits per heavy atom. The summed E-state index contributed by atoms with van der Waals surface area (Å²) in [6.45, 7) is 2.27. The molecule has 2 aromatic heterocycles. The summed E-state index contributed by atoms with van der Waals surface area (Å²) in [4.78, 5) is 28.2. The van der Waals surface area contributed by atoms with Gasteiger partial charge in [0.05, 0.1) is 5.69 Å². The van der Waals surface area contributed by atoms with Crippen molar-refractivity contribution >= 4 is 11.7 Å². The van der Waals surface area contributed by atoms with Crippen LogP contribution in [0, 0.1) is 5.92 Å². The molecule has 2 aliphatic carbocycles. The van der Waals surface area contributed by atoms with Crippen LogP contribution < -0.4 is 16.2 Å². The van der Waals surface area contributed by atoms with Crippen LogP contribution in [0.5, 0.6) is 0 Å². The van der Waals surface area contributed by atoms with Crippen LogP contribution in [-0.2, 0) is 11.3 Å². The second kappa shape index (κ2) is 6.55.